The Hall–Kier alpha value is -4.41. The second kappa shape index (κ2) is 8.76. The van der Waals surface area contributed by atoms with E-state index < -0.39 is 0 Å². The lowest BCUT2D eigenvalue weighted by atomic mass is 10.1. The zero-order valence-corrected chi connectivity index (χ0v) is 17.8. The number of aromatic amines is 2. The van der Waals surface area contributed by atoms with Gasteiger partial charge in [-0.15, -0.1) is 0 Å². The monoisotopic (exact) mass is 434 g/mol. The Labute approximate surface area is 182 Å². The molecule has 3 aromatic heterocycles. The second-order valence-corrected chi connectivity index (χ2v) is 6.75. The van der Waals surface area contributed by atoms with Crippen LogP contribution in [0.4, 0.5) is 11.4 Å². The lowest BCUT2D eigenvalue weighted by Gasteiger charge is -2.14. The topological polar surface area (TPSA) is 156 Å². The number of benzene rings is 1. The maximum absolute atomic E-state index is 13.1. The molecule has 11 heteroatoms. The number of methoxy groups -OCH3 is 2. The SMILES string of the molecule is CN=Cc1[nH]c(=O)c(-c2nc3cc(OC)c(OC)cc3[nH]2)c(NCc2ncccn2)c1N. The fourth-order valence-electron chi connectivity index (χ4n) is 3.32. The van der Waals surface area contributed by atoms with Crippen LogP contribution in [0.15, 0.2) is 40.4 Å². The molecule has 0 saturated heterocycles. The van der Waals surface area contributed by atoms with Gasteiger partial charge >= 0.3 is 0 Å². The molecule has 3 heterocycles. The van der Waals surface area contributed by atoms with E-state index in [0.29, 0.717) is 51.2 Å². The predicted molar refractivity (Wildman–Crippen MR) is 123 cm³/mol. The van der Waals surface area contributed by atoms with Crippen molar-refractivity contribution in [2.24, 2.45) is 4.99 Å². The van der Waals surface area contributed by atoms with Crippen molar-refractivity contribution < 1.29 is 9.47 Å². The minimum atomic E-state index is -0.386. The number of hydrogen-bond donors (Lipinski definition) is 4. The number of nitrogens with two attached hydrogens (primary N) is 1. The fourth-order valence-corrected chi connectivity index (χ4v) is 3.32. The first-order valence-electron chi connectivity index (χ1n) is 9.65. The Bertz CT molecular complexity index is 1300. The van der Waals surface area contributed by atoms with Crippen LogP contribution in [-0.2, 0) is 6.54 Å². The van der Waals surface area contributed by atoms with Crippen molar-refractivity contribution in [1.82, 2.24) is 24.9 Å². The minimum absolute atomic E-state index is 0.251. The minimum Gasteiger partial charge on any atom is -0.493 e. The molecule has 1 aromatic carbocycles. The number of H-pyrrole nitrogens is 2. The maximum atomic E-state index is 13.1. The van der Waals surface area contributed by atoms with E-state index in [-0.39, 0.29) is 17.7 Å². The number of nitrogens with one attached hydrogen (secondary N) is 3. The van der Waals surface area contributed by atoms with Gasteiger partial charge in [-0.1, -0.05) is 0 Å². The van der Waals surface area contributed by atoms with Crippen molar-refractivity contribution in [2.45, 2.75) is 6.54 Å². The third-order valence-electron chi connectivity index (χ3n) is 4.81. The summed E-state index contributed by atoms with van der Waals surface area (Å²) in [6.07, 6.45) is 4.77. The zero-order valence-electron chi connectivity index (χ0n) is 17.8. The highest BCUT2D eigenvalue weighted by atomic mass is 16.5. The molecule has 0 aliphatic rings. The van der Waals surface area contributed by atoms with E-state index in [0.717, 1.165) is 0 Å². The molecule has 0 aliphatic heterocycles. The van der Waals surface area contributed by atoms with Crippen molar-refractivity contribution in [2.75, 3.05) is 32.3 Å². The number of ether oxygens (including phenoxy) is 2. The first kappa shape index (κ1) is 20.8. The highest BCUT2D eigenvalue weighted by Crippen LogP contribution is 2.35. The summed E-state index contributed by atoms with van der Waals surface area (Å²) in [6.45, 7) is 0.256. The van der Waals surface area contributed by atoms with Crippen molar-refractivity contribution in [1.29, 1.82) is 0 Å². The molecule has 164 valence electrons. The second-order valence-electron chi connectivity index (χ2n) is 6.75. The zero-order chi connectivity index (χ0) is 22.7. The van der Waals surface area contributed by atoms with Crippen LogP contribution in [0.1, 0.15) is 11.5 Å². The molecule has 5 N–H and O–H groups in total. The van der Waals surface area contributed by atoms with E-state index in [1.54, 1.807) is 51.9 Å². The van der Waals surface area contributed by atoms with E-state index in [2.05, 4.69) is 35.2 Å². The summed E-state index contributed by atoms with van der Waals surface area (Å²) in [4.78, 5) is 36.0. The third kappa shape index (κ3) is 3.83. The molecule has 0 aliphatic carbocycles. The number of pyridine rings is 1. The van der Waals surface area contributed by atoms with Gasteiger partial charge in [-0.2, -0.15) is 0 Å². The number of aromatic nitrogens is 5. The van der Waals surface area contributed by atoms with Gasteiger partial charge in [-0.25, -0.2) is 15.0 Å². The van der Waals surface area contributed by atoms with E-state index >= 15 is 0 Å². The summed E-state index contributed by atoms with van der Waals surface area (Å²) in [5.41, 5.74) is 8.62. The van der Waals surface area contributed by atoms with Crippen molar-refractivity contribution in [3.63, 3.8) is 0 Å². The van der Waals surface area contributed by atoms with Gasteiger partial charge in [-0.3, -0.25) is 9.79 Å². The normalized spacial score (nSPS) is 11.2. The van der Waals surface area contributed by atoms with Gasteiger partial charge in [0.1, 0.15) is 17.2 Å². The highest BCUT2D eigenvalue weighted by Gasteiger charge is 2.20. The van der Waals surface area contributed by atoms with Crippen LogP contribution < -0.4 is 26.1 Å². The molecule has 0 amide bonds. The average Bonchev–Trinajstić information content (AvgIpc) is 3.22. The summed E-state index contributed by atoms with van der Waals surface area (Å²) in [5, 5.41) is 3.18. The molecule has 0 spiro atoms. The Morgan fingerprint density at radius 3 is 2.56 bits per heavy atom. The van der Waals surface area contributed by atoms with Gasteiger partial charge in [0.05, 0.1) is 48.9 Å². The quantitative estimate of drug-likeness (QED) is 0.322. The highest BCUT2D eigenvalue weighted by molar-refractivity contribution is 5.95. The van der Waals surface area contributed by atoms with Crippen molar-refractivity contribution in [3.8, 4) is 22.9 Å². The predicted octanol–water partition coefficient (Wildman–Crippen LogP) is 1.97. The Morgan fingerprint density at radius 2 is 1.88 bits per heavy atom. The average molecular weight is 434 g/mol. The molecule has 0 fully saturated rings. The van der Waals surface area contributed by atoms with Crippen LogP contribution >= 0.6 is 0 Å². The van der Waals surface area contributed by atoms with Gasteiger partial charge in [0.25, 0.3) is 5.56 Å². The first-order chi connectivity index (χ1) is 15.5. The Morgan fingerprint density at radius 1 is 1.16 bits per heavy atom. The van der Waals surface area contributed by atoms with Crippen LogP contribution in [-0.4, -0.2) is 52.4 Å². The van der Waals surface area contributed by atoms with Gasteiger partial charge in [-0.05, 0) is 6.07 Å². The van der Waals surface area contributed by atoms with Gasteiger partial charge in [0, 0.05) is 37.8 Å². The van der Waals surface area contributed by atoms with E-state index in [1.807, 2.05) is 0 Å². The molecule has 4 rings (SSSR count). The molecule has 0 bridgehead atoms. The molecular formula is C21H22N8O3. The molecule has 0 atom stereocenters. The number of rotatable bonds is 7. The Balaban J connectivity index is 1.87. The third-order valence-corrected chi connectivity index (χ3v) is 4.81. The van der Waals surface area contributed by atoms with E-state index in [9.17, 15) is 4.79 Å². The molecule has 0 radical (unpaired) electrons. The summed E-state index contributed by atoms with van der Waals surface area (Å²) >= 11 is 0. The largest absolute Gasteiger partial charge is 0.493 e. The molecule has 11 nitrogen and oxygen atoms in total. The fraction of sp³-hybridized carbons (Fsp3) is 0.190. The van der Waals surface area contributed by atoms with Crippen LogP contribution in [0.3, 0.4) is 0 Å². The molecule has 32 heavy (non-hydrogen) atoms. The lowest BCUT2D eigenvalue weighted by molar-refractivity contribution is 0.356. The van der Waals surface area contributed by atoms with Crippen molar-refractivity contribution in [3.05, 3.63) is 52.5 Å². The standard InChI is InChI=1S/C21H22N8O3/c1-23-9-13-18(22)19(26-10-16-24-5-4-6-25-16)17(21(30)29-13)20-27-11-7-14(31-2)15(32-3)8-12(11)28-20/h4-9H,10,22H2,1-3H3,(H,27,28)(H2,26,29,30). The number of nitrogens with zero attached hydrogens (tertiary/aromatic N) is 4. The van der Waals surface area contributed by atoms with E-state index in [1.165, 1.54) is 6.21 Å². The van der Waals surface area contributed by atoms with Gasteiger partial charge in [0.15, 0.2) is 11.5 Å². The summed E-state index contributed by atoms with van der Waals surface area (Å²) < 4.78 is 10.7. The summed E-state index contributed by atoms with van der Waals surface area (Å²) in [6, 6.07) is 5.21. The maximum Gasteiger partial charge on any atom is 0.261 e. The molecular weight excluding hydrogens is 412 g/mol. The van der Waals surface area contributed by atoms with E-state index in [4.69, 9.17) is 15.2 Å². The smallest absolute Gasteiger partial charge is 0.261 e. The molecule has 0 unspecified atom stereocenters. The van der Waals surface area contributed by atoms with Crippen LogP contribution in [0.25, 0.3) is 22.4 Å². The lowest BCUT2D eigenvalue weighted by Crippen LogP contribution is -2.19. The Kier molecular flexibility index (Phi) is 5.71. The van der Waals surface area contributed by atoms with Gasteiger partial charge < -0.3 is 30.5 Å². The van der Waals surface area contributed by atoms with Crippen LogP contribution in [0, 0.1) is 0 Å². The number of anilines is 2. The number of fused-ring (bicyclic) bond motifs is 1. The molecule has 4 aromatic rings. The number of imidazole rings is 1. The summed E-state index contributed by atoms with van der Waals surface area (Å²) in [5.74, 6) is 1.95. The number of nitrogen functional groups attached to an aromatic ring is 1. The number of aliphatic imine (C=N–C) groups is 1. The number of hydrogen-bond acceptors (Lipinski definition) is 9. The van der Waals surface area contributed by atoms with Crippen molar-refractivity contribution >= 4 is 28.6 Å². The molecule has 0 saturated carbocycles. The first-order valence-corrected chi connectivity index (χ1v) is 9.65. The van der Waals surface area contributed by atoms with Gasteiger partial charge in [0.2, 0.25) is 0 Å². The van der Waals surface area contributed by atoms with Crippen LogP contribution in [0.2, 0.25) is 0 Å². The summed E-state index contributed by atoms with van der Waals surface area (Å²) in [7, 11) is 4.69. The van der Waals surface area contributed by atoms with Crippen LogP contribution in [0.5, 0.6) is 11.5 Å².